The summed E-state index contributed by atoms with van der Waals surface area (Å²) in [5.41, 5.74) is 1.79. The Hall–Kier alpha value is -2.24. The third kappa shape index (κ3) is 2.92. The molecule has 126 valence electrons. The maximum Gasteiger partial charge on any atom is 0.225 e. The summed E-state index contributed by atoms with van der Waals surface area (Å²) >= 11 is 0. The molecular formula is C18H23N5O. The smallest absolute Gasteiger partial charge is 0.225 e. The van der Waals surface area contributed by atoms with E-state index in [0.29, 0.717) is 17.7 Å². The number of hydrogen-bond acceptors (Lipinski definition) is 4. The van der Waals surface area contributed by atoms with Gasteiger partial charge in [-0.05, 0) is 31.6 Å². The molecule has 1 saturated carbocycles. The summed E-state index contributed by atoms with van der Waals surface area (Å²) in [7, 11) is 1.96. The van der Waals surface area contributed by atoms with Gasteiger partial charge in [0, 0.05) is 44.6 Å². The molecule has 2 aromatic rings. The average Bonchev–Trinajstić information content (AvgIpc) is 3.15. The Balaban J connectivity index is 1.41. The second-order valence-corrected chi connectivity index (χ2v) is 7.03. The Kier molecular flexibility index (Phi) is 4.04. The maximum atomic E-state index is 12.4. The highest BCUT2D eigenvalue weighted by Gasteiger charge is 2.33. The van der Waals surface area contributed by atoms with E-state index in [1.54, 1.807) is 12.4 Å². The zero-order valence-corrected chi connectivity index (χ0v) is 14.1. The van der Waals surface area contributed by atoms with Gasteiger partial charge in [-0.1, -0.05) is 6.42 Å². The first-order valence-electron chi connectivity index (χ1n) is 8.78. The Labute approximate surface area is 141 Å². The summed E-state index contributed by atoms with van der Waals surface area (Å²) in [6.07, 6.45) is 12.6. The summed E-state index contributed by atoms with van der Waals surface area (Å²) in [4.78, 5) is 27.8. The molecule has 1 amide bonds. The molecule has 24 heavy (non-hydrogen) atoms. The molecule has 3 heterocycles. The average molecular weight is 325 g/mol. The van der Waals surface area contributed by atoms with Gasteiger partial charge >= 0.3 is 0 Å². The van der Waals surface area contributed by atoms with Crippen LogP contribution >= 0.6 is 0 Å². The molecule has 0 unspecified atom stereocenters. The minimum atomic E-state index is 0.301. The van der Waals surface area contributed by atoms with Gasteiger partial charge in [-0.2, -0.15) is 0 Å². The maximum absolute atomic E-state index is 12.4. The quantitative estimate of drug-likeness (QED) is 0.863. The van der Waals surface area contributed by atoms with Gasteiger partial charge in [-0.15, -0.1) is 0 Å². The Bertz CT molecular complexity index is 737. The monoisotopic (exact) mass is 325 g/mol. The predicted molar refractivity (Wildman–Crippen MR) is 90.0 cm³/mol. The van der Waals surface area contributed by atoms with Crippen molar-refractivity contribution in [1.29, 1.82) is 0 Å². The zero-order valence-electron chi connectivity index (χ0n) is 14.1. The second kappa shape index (κ2) is 6.34. The molecule has 2 fully saturated rings. The highest BCUT2D eigenvalue weighted by Crippen LogP contribution is 2.31. The summed E-state index contributed by atoms with van der Waals surface area (Å²) in [5.74, 6) is 1.99. The van der Waals surface area contributed by atoms with Crippen LogP contribution in [-0.2, 0) is 18.3 Å². The second-order valence-electron chi connectivity index (χ2n) is 7.03. The topological polar surface area (TPSA) is 63.9 Å². The summed E-state index contributed by atoms with van der Waals surface area (Å²) in [6, 6.07) is 0. The van der Waals surface area contributed by atoms with E-state index in [4.69, 9.17) is 4.98 Å². The number of carbonyl (C=O) groups excluding carboxylic acids is 1. The van der Waals surface area contributed by atoms with Crippen molar-refractivity contribution in [1.82, 2.24) is 24.4 Å². The van der Waals surface area contributed by atoms with Gasteiger partial charge in [0.15, 0.2) is 5.82 Å². The van der Waals surface area contributed by atoms with Crippen LogP contribution in [0, 0.1) is 11.8 Å². The van der Waals surface area contributed by atoms with E-state index in [2.05, 4.69) is 14.9 Å². The van der Waals surface area contributed by atoms with Crippen molar-refractivity contribution in [3.8, 4) is 11.5 Å². The Morgan fingerprint density at radius 1 is 1.29 bits per heavy atom. The van der Waals surface area contributed by atoms with Crippen molar-refractivity contribution < 1.29 is 4.79 Å². The lowest BCUT2D eigenvalue weighted by molar-refractivity contribution is -0.137. The molecular weight excluding hydrogens is 302 g/mol. The number of nitrogens with zero attached hydrogens (tertiary/aromatic N) is 5. The van der Waals surface area contributed by atoms with E-state index in [1.165, 1.54) is 6.42 Å². The lowest BCUT2D eigenvalue weighted by atomic mass is 9.84. The number of rotatable bonds is 4. The SMILES string of the molecule is Cn1ccnc1-c1cncc(C[C@@H]2CCN(C(=O)C3CCC3)C2)n1. The van der Waals surface area contributed by atoms with E-state index in [-0.39, 0.29) is 0 Å². The minimum absolute atomic E-state index is 0.301. The molecule has 6 heteroatoms. The van der Waals surface area contributed by atoms with E-state index in [9.17, 15) is 4.79 Å². The summed E-state index contributed by atoms with van der Waals surface area (Å²) < 4.78 is 1.95. The van der Waals surface area contributed by atoms with Gasteiger partial charge in [0.2, 0.25) is 5.91 Å². The molecule has 0 aromatic carbocycles. The van der Waals surface area contributed by atoms with E-state index in [1.807, 2.05) is 24.0 Å². The van der Waals surface area contributed by atoms with Crippen LogP contribution < -0.4 is 0 Å². The minimum Gasteiger partial charge on any atom is -0.342 e. The van der Waals surface area contributed by atoms with Crippen molar-refractivity contribution >= 4 is 5.91 Å². The fourth-order valence-electron chi connectivity index (χ4n) is 3.63. The summed E-state index contributed by atoms with van der Waals surface area (Å²) in [5, 5.41) is 0. The van der Waals surface area contributed by atoms with Crippen LogP contribution in [-0.4, -0.2) is 43.4 Å². The van der Waals surface area contributed by atoms with Gasteiger partial charge < -0.3 is 9.47 Å². The highest BCUT2D eigenvalue weighted by atomic mass is 16.2. The molecule has 2 aromatic heterocycles. The molecule has 1 aliphatic carbocycles. The number of aromatic nitrogens is 4. The van der Waals surface area contributed by atoms with Crippen LogP contribution in [0.5, 0.6) is 0 Å². The number of hydrogen-bond donors (Lipinski definition) is 0. The van der Waals surface area contributed by atoms with Gasteiger partial charge in [0.05, 0.1) is 11.9 Å². The number of amides is 1. The summed E-state index contributed by atoms with van der Waals surface area (Å²) in [6.45, 7) is 1.76. The van der Waals surface area contributed by atoms with Gasteiger partial charge in [-0.25, -0.2) is 9.97 Å². The molecule has 6 nitrogen and oxygen atoms in total. The number of carbonyl (C=O) groups is 1. The largest absolute Gasteiger partial charge is 0.342 e. The van der Waals surface area contributed by atoms with Crippen molar-refractivity contribution in [3.63, 3.8) is 0 Å². The fraction of sp³-hybridized carbons (Fsp3) is 0.556. The van der Waals surface area contributed by atoms with Gasteiger partial charge in [0.1, 0.15) is 5.69 Å². The predicted octanol–water partition coefficient (Wildman–Crippen LogP) is 2.07. The van der Waals surface area contributed by atoms with Crippen LogP contribution in [0.15, 0.2) is 24.8 Å². The van der Waals surface area contributed by atoms with Crippen LogP contribution in [0.4, 0.5) is 0 Å². The molecule has 0 spiro atoms. The molecule has 0 bridgehead atoms. The molecule has 1 aliphatic heterocycles. The van der Waals surface area contributed by atoms with E-state index in [0.717, 1.165) is 56.0 Å². The number of likely N-dealkylation sites (tertiary alicyclic amines) is 1. The third-order valence-corrected chi connectivity index (χ3v) is 5.28. The normalized spacial score (nSPS) is 21.0. The first kappa shape index (κ1) is 15.3. The van der Waals surface area contributed by atoms with Crippen molar-refractivity contribution in [2.45, 2.75) is 32.1 Å². The lowest BCUT2D eigenvalue weighted by Gasteiger charge is -2.29. The molecule has 0 radical (unpaired) electrons. The zero-order chi connectivity index (χ0) is 16.5. The third-order valence-electron chi connectivity index (χ3n) is 5.28. The van der Waals surface area contributed by atoms with Gasteiger partial charge in [-0.3, -0.25) is 9.78 Å². The van der Waals surface area contributed by atoms with Crippen molar-refractivity contribution in [3.05, 3.63) is 30.5 Å². The fourth-order valence-corrected chi connectivity index (χ4v) is 3.63. The molecule has 1 saturated heterocycles. The van der Waals surface area contributed by atoms with Crippen LogP contribution in [0.2, 0.25) is 0 Å². The molecule has 0 N–H and O–H groups in total. The van der Waals surface area contributed by atoms with Gasteiger partial charge in [0.25, 0.3) is 0 Å². The van der Waals surface area contributed by atoms with Crippen LogP contribution in [0.25, 0.3) is 11.5 Å². The van der Waals surface area contributed by atoms with Crippen molar-refractivity contribution in [2.75, 3.05) is 13.1 Å². The van der Waals surface area contributed by atoms with E-state index >= 15 is 0 Å². The van der Waals surface area contributed by atoms with Crippen molar-refractivity contribution in [2.24, 2.45) is 18.9 Å². The molecule has 1 atom stereocenters. The first-order chi connectivity index (χ1) is 11.7. The standard InChI is InChI=1S/C18H23N5O/c1-22-8-6-20-17(22)16-11-19-10-15(21-16)9-13-5-7-23(12-13)18(24)14-3-2-4-14/h6,8,10-11,13-14H,2-5,7,9,12H2,1H3/t13-/m0/s1. The highest BCUT2D eigenvalue weighted by molar-refractivity contribution is 5.79. The first-order valence-corrected chi connectivity index (χ1v) is 8.78. The van der Waals surface area contributed by atoms with Crippen LogP contribution in [0.3, 0.4) is 0 Å². The van der Waals surface area contributed by atoms with Crippen LogP contribution in [0.1, 0.15) is 31.4 Å². The lowest BCUT2D eigenvalue weighted by Crippen LogP contribution is -2.37. The molecule has 4 rings (SSSR count). The Morgan fingerprint density at radius 3 is 2.88 bits per heavy atom. The van der Waals surface area contributed by atoms with E-state index < -0.39 is 0 Å². The Morgan fingerprint density at radius 2 is 2.17 bits per heavy atom. The molecule has 2 aliphatic rings. The number of imidazole rings is 1. The number of aryl methyl sites for hydroxylation is 1.